The Bertz CT molecular complexity index is 271. The van der Waals surface area contributed by atoms with Crippen LogP contribution in [0.2, 0.25) is 0 Å². The lowest BCUT2D eigenvalue weighted by Gasteiger charge is -2.17. The van der Waals surface area contributed by atoms with Gasteiger partial charge in [0, 0.05) is 18.8 Å². The van der Waals surface area contributed by atoms with Gasteiger partial charge in [-0.05, 0) is 13.8 Å². The number of aliphatic carboxylic acids is 1. The molecule has 98 valence electrons. The quantitative estimate of drug-likeness (QED) is 0.457. The number of rotatable bonds is 9. The minimum atomic E-state index is -1.09. The molecule has 0 rings (SSSR count). The number of hydrogen-bond donors (Lipinski definition) is 2. The molecule has 2 N–H and O–H groups in total. The number of amides is 1. The van der Waals surface area contributed by atoms with Gasteiger partial charge in [0.25, 0.3) is 0 Å². The van der Waals surface area contributed by atoms with Crippen molar-refractivity contribution >= 4 is 11.9 Å². The number of nitrogens with one attached hydrogen (secondary N) is 1. The van der Waals surface area contributed by atoms with E-state index in [1.807, 2.05) is 13.8 Å². The fourth-order valence-electron chi connectivity index (χ4n) is 1.10. The molecule has 0 unspecified atom stereocenters. The normalized spacial score (nSPS) is 10.3. The van der Waals surface area contributed by atoms with Crippen LogP contribution in [-0.2, 0) is 19.1 Å². The van der Waals surface area contributed by atoms with Crippen LogP contribution in [-0.4, -0.2) is 43.0 Å². The zero-order valence-corrected chi connectivity index (χ0v) is 10.2. The van der Waals surface area contributed by atoms with Crippen LogP contribution in [0.25, 0.3) is 0 Å². The minimum absolute atomic E-state index is 0.00393. The summed E-state index contributed by atoms with van der Waals surface area (Å²) in [5.74, 6) is -1.59. The SMILES string of the molecule is C=C(CC(=O)O)C(=O)NCC(OCC)OCC. The first-order valence-corrected chi connectivity index (χ1v) is 5.42. The largest absolute Gasteiger partial charge is 0.481 e. The van der Waals surface area contributed by atoms with Crippen LogP contribution >= 0.6 is 0 Å². The maximum atomic E-state index is 11.4. The predicted octanol–water partition coefficient (Wildman–Crippen LogP) is 0.533. The third kappa shape index (κ3) is 7.48. The molecule has 17 heavy (non-hydrogen) atoms. The van der Waals surface area contributed by atoms with Crippen LogP contribution in [0, 0.1) is 0 Å². The van der Waals surface area contributed by atoms with Crippen molar-refractivity contribution < 1.29 is 24.2 Å². The first-order valence-electron chi connectivity index (χ1n) is 5.42. The summed E-state index contributed by atoms with van der Waals surface area (Å²) in [7, 11) is 0. The minimum Gasteiger partial charge on any atom is -0.481 e. The molecule has 0 aliphatic carbocycles. The summed E-state index contributed by atoms with van der Waals surface area (Å²) in [6, 6.07) is 0. The molecule has 0 aromatic carbocycles. The highest BCUT2D eigenvalue weighted by Gasteiger charge is 2.13. The molecular weight excluding hydrogens is 226 g/mol. The van der Waals surface area contributed by atoms with E-state index in [4.69, 9.17) is 14.6 Å². The third-order valence-corrected chi connectivity index (χ3v) is 1.82. The predicted molar refractivity (Wildman–Crippen MR) is 61.4 cm³/mol. The number of carbonyl (C=O) groups is 2. The Morgan fingerprint density at radius 1 is 1.29 bits per heavy atom. The number of carbonyl (C=O) groups excluding carboxylic acids is 1. The van der Waals surface area contributed by atoms with Crippen LogP contribution < -0.4 is 5.32 Å². The Kier molecular flexibility index (Phi) is 8.00. The first-order chi connectivity index (χ1) is 8.01. The molecule has 6 heteroatoms. The standard InChI is InChI=1S/C11H19NO5/c1-4-16-10(17-5-2)7-12-11(15)8(3)6-9(13)14/h10H,3-7H2,1-2H3,(H,12,15)(H,13,14). The van der Waals surface area contributed by atoms with E-state index in [9.17, 15) is 9.59 Å². The van der Waals surface area contributed by atoms with Gasteiger partial charge in [0.2, 0.25) is 5.91 Å². The Balaban J connectivity index is 4.02. The highest BCUT2D eigenvalue weighted by atomic mass is 16.7. The van der Waals surface area contributed by atoms with E-state index in [1.165, 1.54) is 0 Å². The van der Waals surface area contributed by atoms with E-state index in [0.717, 1.165) is 0 Å². The summed E-state index contributed by atoms with van der Waals surface area (Å²) in [4.78, 5) is 21.8. The molecular formula is C11H19NO5. The molecule has 0 bridgehead atoms. The number of carboxylic acid groups (broad SMARTS) is 1. The molecule has 1 amide bonds. The summed E-state index contributed by atoms with van der Waals surface area (Å²) in [6.45, 7) is 8.13. The maximum absolute atomic E-state index is 11.4. The topological polar surface area (TPSA) is 84.9 Å². The molecule has 6 nitrogen and oxygen atoms in total. The van der Waals surface area contributed by atoms with Crippen molar-refractivity contribution in [3.05, 3.63) is 12.2 Å². The molecule has 0 aromatic heterocycles. The molecule has 0 spiro atoms. The van der Waals surface area contributed by atoms with Gasteiger partial charge in [-0.15, -0.1) is 0 Å². The summed E-state index contributed by atoms with van der Waals surface area (Å²) in [5, 5.41) is 11.0. The lowest BCUT2D eigenvalue weighted by atomic mass is 10.2. The van der Waals surface area contributed by atoms with Gasteiger partial charge in [-0.3, -0.25) is 9.59 Å². The molecule has 0 heterocycles. The van der Waals surface area contributed by atoms with Gasteiger partial charge in [0.1, 0.15) is 0 Å². The summed E-state index contributed by atoms with van der Waals surface area (Å²) < 4.78 is 10.4. The third-order valence-electron chi connectivity index (χ3n) is 1.82. The van der Waals surface area contributed by atoms with E-state index in [0.29, 0.717) is 13.2 Å². The van der Waals surface area contributed by atoms with Crippen molar-refractivity contribution in [3.63, 3.8) is 0 Å². The van der Waals surface area contributed by atoms with Gasteiger partial charge in [-0.25, -0.2) is 0 Å². The van der Waals surface area contributed by atoms with Crippen LogP contribution in [0.15, 0.2) is 12.2 Å². The van der Waals surface area contributed by atoms with E-state index in [1.54, 1.807) is 0 Å². The molecule has 0 aromatic rings. The van der Waals surface area contributed by atoms with Crippen molar-refractivity contribution in [2.24, 2.45) is 0 Å². The zero-order valence-electron chi connectivity index (χ0n) is 10.2. The summed E-state index contributed by atoms with van der Waals surface area (Å²) in [6.07, 6.45) is -0.897. The average molecular weight is 245 g/mol. The Hall–Kier alpha value is -1.40. The van der Waals surface area contributed by atoms with Crippen molar-refractivity contribution in [2.75, 3.05) is 19.8 Å². The number of ether oxygens (including phenoxy) is 2. The van der Waals surface area contributed by atoms with Crippen molar-refractivity contribution in [1.29, 1.82) is 0 Å². The van der Waals surface area contributed by atoms with Crippen molar-refractivity contribution in [3.8, 4) is 0 Å². The van der Waals surface area contributed by atoms with Crippen LogP contribution in [0.5, 0.6) is 0 Å². The summed E-state index contributed by atoms with van der Waals surface area (Å²) >= 11 is 0. The second-order valence-electron chi connectivity index (χ2n) is 3.22. The highest BCUT2D eigenvalue weighted by molar-refractivity contribution is 5.96. The first kappa shape index (κ1) is 15.6. The molecule has 0 aliphatic rings. The van der Waals surface area contributed by atoms with Crippen LogP contribution in [0.3, 0.4) is 0 Å². The van der Waals surface area contributed by atoms with Crippen molar-refractivity contribution in [1.82, 2.24) is 5.32 Å². The lowest BCUT2D eigenvalue weighted by molar-refractivity contribution is -0.140. The number of carboxylic acids is 1. The zero-order chi connectivity index (χ0) is 13.3. The van der Waals surface area contributed by atoms with Gasteiger partial charge in [0.15, 0.2) is 6.29 Å². The number of hydrogen-bond acceptors (Lipinski definition) is 4. The van der Waals surface area contributed by atoms with Gasteiger partial charge >= 0.3 is 5.97 Å². The van der Waals surface area contributed by atoms with Crippen LogP contribution in [0.1, 0.15) is 20.3 Å². The fraction of sp³-hybridized carbons (Fsp3) is 0.636. The second kappa shape index (κ2) is 8.72. The highest BCUT2D eigenvalue weighted by Crippen LogP contribution is 1.99. The maximum Gasteiger partial charge on any atom is 0.308 e. The van der Waals surface area contributed by atoms with Crippen LogP contribution in [0.4, 0.5) is 0 Å². The van der Waals surface area contributed by atoms with Gasteiger partial charge in [-0.1, -0.05) is 6.58 Å². The molecule has 0 radical (unpaired) electrons. The van der Waals surface area contributed by atoms with Crippen molar-refractivity contribution in [2.45, 2.75) is 26.6 Å². The molecule has 0 atom stereocenters. The lowest BCUT2D eigenvalue weighted by Crippen LogP contribution is -2.36. The average Bonchev–Trinajstić information content (AvgIpc) is 2.25. The Labute approximate surface area is 101 Å². The molecule has 0 saturated carbocycles. The molecule has 0 aliphatic heterocycles. The van der Waals surface area contributed by atoms with E-state index in [2.05, 4.69) is 11.9 Å². The molecule has 0 saturated heterocycles. The van der Waals surface area contributed by atoms with E-state index >= 15 is 0 Å². The van der Waals surface area contributed by atoms with Gasteiger partial charge in [-0.2, -0.15) is 0 Å². The monoisotopic (exact) mass is 245 g/mol. The van der Waals surface area contributed by atoms with E-state index < -0.39 is 18.2 Å². The second-order valence-corrected chi connectivity index (χ2v) is 3.22. The Morgan fingerprint density at radius 2 is 1.82 bits per heavy atom. The van der Waals surface area contributed by atoms with Gasteiger partial charge < -0.3 is 19.9 Å². The van der Waals surface area contributed by atoms with Gasteiger partial charge in [0.05, 0.1) is 13.0 Å². The Morgan fingerprint density at radius 3 is 2.24 bits per heavy atom. The summed E-state index contributed by atoms with van der Waals surface area (Å²) in [5.41, 5.74) is 0.00393. The smallest absolute Gasteiger partial charge is 0.308 e. The molecule has 0 fully saturated rings. The van der Waals surface area contributed by atoms with E-state index in [-0.39, 0.29) is 18.5 Å². The fourth-order valence-corrected chi connectivity index (χ4v) is 1.10.